The maximum atomic E-state index is 14.0. The fraction of sp³-hybridized carbons (Fsp3) is 0.263. The van der Waals surface area contributed by atoms with Gasteiger partial charge in [0, 0.05) is 18.5 Å². The average molecular weight is 341 g/mol. The van der Waals surface area contributed by atoms with E-state index in [-0.39, 0.29) is 5.56 Å². The minimum Gasteiger partial charge on any atom is -0.317 e. The molecule has 1 aliphatic heterocycles. The van der Waals surface area contributed by atoms with Crippen LogP contribution in [0.25, 0.3) is 11.0 Å². The quantitative estimate of drug-likeness (QED) is 0.776. The number of rotatable bonds is 2. The Morgan fingerprint density at radius 1 is 1.20 bits per heavy atom. The number of hydrogen-bond donors (Lipinski definition) is 1. The first kappa shape index (κ1) is 15.9. The van der Waals surface area contributed by atoms with Crippen molar-refractivity contribution in [3.63, 3.8) is 0 Å². The Kier molecular flexibility index (Phi) is 4.05. The third-order valence-corrected chi connectivity index (χ3v) is 4.75. The van der Waals surface area contributed by atoms with Gasteiger partial charge < -0.3 is 5.32 Å². The summed E-state index contributed by atoms with van der Waals surface area (Å²) in [6, 6.07) is 6.55. The van der Waals surface area contributed by atoms with Gasteiger partial charge in [-0.3, -0.25) is 14.3 Å². The number of carbonyl (C=O) groups excluding carboxylic acids is 1. The highest BCUT2D eigenvalue weighted by Gasteiger charge is 2.24. The first-order valence-electron chi connectivity index (χ1n) is 8.31. The number of benzene rings is 1. The van der Waals surface area contributed by atoms with E-state index in [1.54, 1.807) is 24.5 Å². The SMILES string of the molecule is O=C(c1ccc(F)cc1F)n1cc(C2CCNCC2)c2ncccc21. The second kappa shape index (κ2) is 6.37. The maximum absolute atomic E-state index is 14.0. The summed E-state index contributed by atoms with van der Waals surface area (Å²) in [5.74, 6) is -1.77. The lowest BCUT2D eigenvalue weighted by atomic mass is 9.91. The van der Waals surface area contributed by atoms with Crippen molar-refractivity contribution in [2.45, 2.75) is 18.8 Å². The number of hydrogen-bond acceptors (Lipinski definition) is 3. The van der Waals surface area contributed by atoms with Gasteiger partial charge in [0.05, 0.1) is 16.6 Å². The zero-order chi connectivity index (χ0) is 17.4. The van der Waals surface area contributed by atoms with Crippen molar-refractivity contribution in [2.24, 2.45) is 0 Å². The van der Waals surface area contributed by atoms with Crippen LogP contribution in [-0.4, -0.2) is 28.5 Å². The average Bonchev–Trinajstić information content (AvgIpc) is 3.02. The van der Waals surface area contributed by atoms with Crippen LogP contribution in [0.5, 0.6) is 0 Å². The Morgan fingerprint density at radius 2 is 2.00 bits per heavy atom. The molecule has 3 heterocycles. The van der Waals surface area contributed by atoms with E-state index >= 15 is 0 Å². The van der Waals surface area contributed by atoms with Crippen LogP contribution in [0.15, 0.2) is 42.7 Å². The van der Waals surface area contributed by atoms with Crippen LogP contribution < -0.4 is 5.32 Å². The first-order chi connectivity index (χ1) is 12.1. The van der Waals surface area contributed by atoms with E-state index in [1.807, 2.05) is 0 Å². The molecule has 6 heteroatoms. The second-order valence-electron chi connectivity index (χ2n) is 6.28. The Morgan fingerprint density at radius 3 is 2.76 bits per heavy atom. The van der Waals surface area contributed by atoms with Crippen molar-refractivity contribution in [1.82, 2.24) is 14.9 Å². The molecule has 128 valence electrons. The molecule has 0 unspecified atom stereocenters. The summed E-state index contributed by atoms with van der Waals surface area (Å²) in [5, 5.41) is 3.32. The molecule has 0 aliphatic carbocycles. The van der Waals surface area contributed by atoms with Gasteiger partial charge in [-0.25, -0.2) is 8.78 Å². The monoisotopic (exact) mass is 341 g/mol. The molecule has 0 saturated carbocycles. The Hall–Kier alpha value is -2.60. The van der Waals surface area contributed by atoms with Gasteiger partial charge in [-0.15, -0.1) is 0 Å². The number of aromatic nitrogens is 2. The molecule has 0 bridgehead atoms. The predicted molar refractivity (Wildman–Crippen MR) is 90.7 cm³/mol. The highest BCUT2D eigenvalue weighted by Crippen LogP contribution is 2.32. The van der Waals surface area contributed by atoms with Gasteiger partial charge in [0.1, 0.15) is 11.6 Å². The molecule has 25 heavy (non-hydrogen) atoms. The lowest BCUT2D eigenvalue weighted by molar-refractivity contribution is 0.0960. The number of piperidine rings is 1. The van der Waals surface area contributed by atoms with Crippen LogP contribution in [0.2, 0.25) is 0 Å². The summed E-state index contributed by atoms with van der Waals surface area (Å²) in [7, 11) is 0. The smallest absolute Gasteiger partial charge is 0.265 e. The van der Waals surface area contributed by atoms with E-state index in [0.717, 1.165) is 49.1 Å². The summed E-state index contributed by atoms with van der Waals surface area (Å²) < 4.78 is 28.6. The molecule has 0 amide bonds. The van der Waals surface area contributed by atoms with Crippen LogP contribution in [0, 0.1) is 11.6 Å². The fourth-order valence-electron chi connectivity index (χ4n) is 3.48. The van der Waals surface area contributed by atoms with E-state index < -0.39 is 17.5 Å². The number of nitrogens with zero attached hydrogens (tertiary/aromatic N) is 2. The Labute approximate surface area is 143 Å². The van der Waals surface area contributed by atoms with Crippen LogP contribution in [0.1, 0.15) is 34.7 Å². The normalized spacial score (nSPS) is 15.6. The first-order valence-corrected chi connectivity index (χ1v) is 8.31. The molecular weight excluding hydrogens is 324 g/mol. The van der Waals surface area contributed by atoms with Crippen LogP contribution in [0.4, 0.5) is 8.78 Å². The van der Waals surface area contributed by atoms with Crippen molar-refractivity contribution in [3.05, 3.63) is 65.5 Å². The molecule has 0 radical (unpaired) electrons. The van der Waals surface area contributed by atoms with Crippen LogP contribution in [0.3, 0.4) is 0 Å². The summed E-state index contributed by atoms with van der Waals surface area (Å²) >= 11 is 0. The molecule has 4 rings (SSSR count). The van der Waals surface area contributed by atoms with Crippen molar-refractivity contribution >= 4 is 16.9 Å². The number of pyridine rings is 1. The molecule has 2 aromatic heterocycles. The zero-order valence-electron chi connectivity index (χ0n) is 13.5. The molecule has 0 spiro atoms. The fourth-order valence-corrected chi connectivity index (χ4v) is 3.48. The lowest BCUT2D eigenvalue weighted by Gasteiger charge is -2.21. The van der Waals surface area contributed by atoms with Gasteiger partial charge in [-0.05, 0) is 61.7 Å². The molecule has 1 N–H and O–H groups in total. The number of nitrogens with one attached hydrogen (secondary N) is 1. The van der Waals surface area contributed by atoms with Crippen molar-refractivity contribution in [2.75, 3.05) is 13.1 Å². The maximum Gasteiger partial charge on any atom is 0.265 e. The summed E-state index contributed by atoms with van der Waals surface area (Å²) in [6.45, 7) is 1.84. The zero-order valence-corrected chi connectivity index (χ0v) is 13.5. The van der Waals surface area contributed by atoms with E-state index in [2.05, 4.69) is 10.3 Å². The van der Waals surface area contributed by atoms with E-state index in [9.17, 15) is 13.6 Å². The summed E-state index contributed by atoms with van der Waals surface area (Å²) in [6.07, 6.45) is 5.39. The topological polar surface area (TPSA) is 46.9 Å². The molecule has 0 atom stereocenters. The number of carbonyl (C=O) groups is 1. The lowest BCUT2D eigenvalue weighted by Crippen LogP contribution is -2.26. The molecule has 1 aromatic carbocycles. The van der Waals surface area contributed by atoms with Crippen molar-refractivity contribution in [1.29, 1.82) is 0 Å². The predicted octanol–water partition coefficient (Wildman–Crippen LogP) is 3.47. The number of halogens is 2. The van der Waals surface area contributed by atoms with Gasteiger partial charge in [0.15, 0.2) is 0 Å². The standard InChI is InChI=1S/C19H17F2N3O/c20-13-3-4-14(16(21)10-13)19(25)24-11-15(12-5-8-22-9-6-12)18-17(24)2-1-7-23-18/h1-4,7,10-12,22H,5-6,8-9H2. The second-order valence-corrected chi connectivity index (χ2v) is 6.28. The van der Waals surface area contributed by atoms with Gasteiger partial charge in [-0.2, -0.15) is 0 Å². The molecule has 1 saturated heterocycles. The molecule has 3 aromatic rings. The van der Waals surface area contributed by atoms with Crippen LogP contribution in [-0.2, 0) is 0 Å². The van der Waals surface area contributed by atoms with Gasteiger partial charge in [0.25, 0.3) is 5.91 Å². The molecule has 4 nitrogen and oxygen atoms in total. The summed E-state index contributed by atoms with van der Waals surface area (Å²) in [4.78, 5) is 17.3. The van der Waals surface area contributed by atoms with E-state index in [1.165, 1.54) is 10.6 Å². The molecule has 1 fully saturated rings. The van der Waals surface area contributed by atoms with E-state index in [4.69, 9.17) is 0 Å². The summed E-state index contributed by atoms with van der Waals surface area (Å²) in [5.41, 5.74) is 2.27. The van der Waals surface area contributed by atoms with Crippen molar-refractivity contribution in [3.8, 4) is 0 Å². The minimum absolute atomic E-state index is 0.154. The Balaban J connectivity index is 1.83. The van der Waals surface area contributed by atoms with E-state index in [0.29, 0.717) is 11.4 Å². The highest BCUT2D eigenvalue weighted by molar-refractivity contribution is 6.02. The third kappa shape index (κ3) is 2.82. The van der Waals surface area contributed by atoms with Crippen molar-refractivity contribution < 1.29 is 13.6 Å². The largest absolute Gasteiger partial charge is 0.317 e. The van der Waals surface area contributed by atoms with Gasteiger partial charge in [0.2, 0.25) is 0 Å². The Bertz CT molecular complexity index is 945. The highest BCUT2D eigenvalue weighted by atomic mass is 19.1. The van der Waals surface area contributed by atoms with Gasteiger partial charge in [-0.1, -0.05) is 0 Å². The van der Waals surface area contributed by atoms with Gasteiger partial charge >= 0.3 is 0 Å². The third-order valence-electron chi connectivity index (χ3n) is 4.75. The molecular formula is C19H17F2N3O. The number of fused-ring (bicyclic) bond motifs is 1. The minimum atomic E-state index is -0.862. The molecule has 1 aliphatic rings. The van der Waals surface area contributed by atoms with Crippen LogP contribution >= 0.6 is 0 Å².